The summed E-state index contributed by atoms with van der Waals surface area (Å²) in [4.78, 5) is 27.6. The smallest absolute Gasteiger partial charge is 0.309 e. The summed E-state index contributed by atoms with van der Waals surface area (Å²) < 4.78 is 11.0. The zero-order chi connectivity index (χ0) is 18.7. The Bertz CT molecular complexity index is 670. The molecule has 1 atom stereocenters. The third kappa shape index (κ3) is 3.49. The maximum absolute atomic E-state index is 12.0. The van der Waals surface area contributed by atoms with Crippen molar-refractivity contribution in [2.24, 2.45) is 5.92 Å². The average molecular weight is 362 g/mol. The Morgan fingerprint density at radius 1 is 1.31 bits per heavy atom. The predicted octanol–water partition coefficient (Wildman–Crippen LogP) is 1.47. The maximum atomic E-state index is 12.0. The topological polar surface area (TPSA) is 79.3 Å². The van der Waals surface area contributed by atoms with Crippen molar-refractivity contribution in [1.82, 2.24) is 9.80 Å². The van der Waals surface area contributed by atoms with Crippen molar-refractivity contribution >= 4 is 11.9 Å². The second-order valence-corrected chi connectivity index (χ2v) is 7.02. The number of benzene rings is 1. The van der Waals surface area contributed by atoms with Gasteiger partial charge >= 0.3 is 5.97 Å². The molecule has 1 amide bonds. The van der Waals surface area contributed by atoms with Gasteiger partial charge in [-0.25, -0.2) is 0 Å². The van der Waals surface area contributed by atoms with E-state index >= 15 is 0 Å². The van der Waals surface area contributed by atoms with Crippen LogP contribution in [0, 0.1) is 5.92 Å². The first-order valence-corrected chi connectivity index (χ1v) is 8.95. The van der Waals surface area contributed by atoms with Crippen molar-refractivity contribution in [3.05, 3.63) is 24.3 Å². The molecule has 142 valence electrons. The van der Waals surface area contributed by atoms with Crippen LogP contribution in [0.25, 0.3) is 0 Å². The van der Waals surface area contributed by atoms with Crippen molar-refractivity contribution in [3.63, 3.8) is 0 Å². The largest absolute Gasteiger partial charge is 0.497 e. The van der Waals surface area contributed by atoms with Gasteiger partial charge in [-0.15, -0.1) is 0 Å². The molecular formula is C19H26N2O5. The van der Waals surface area contributed by atoms with Crippen molar-refractivity contribution in [2.45, 2.75) is 24.8 Å². The molecule has 0 bridgehead atoms. The molecule has 0 aliphatic carbocycles. The first-order chi connectivity index (χ1) is 12.5. The third-order valence-corrected chi connectivity index (χ3v) is 5.81. The first kappa shape index (κ1) is 18.5. The number of carbonyl (C=O) groups is 2. The molecule has 26 heavy (non-hydrogen) atoms. The quantitative estimate of drug-likeness (QED) is 0.826. The summed E-state index contributed by atoms with van der Waals surface area (Å²) >= 11 is 0. The van der Waals surface area contributed by atoms with Gasteiger partial charge in [-0.3, -0.25) is 14.5 Å². The van der Waals surface area contributed by atoms with Gasteiger partial charge in [0.2, 0.25) is 5.91 Å². The third-order valence-electron chi connectivity index (χ3n) is 5.81. The van der Waals surface area contributed by atoms with Crippen LogP contribution >= 0.6 is 0 Å². The highest BCUT2D eigenvalue weighted by molar-refractivity contribution is 5.88. The number of methoxy groups -OCH3 is 1. The van der Waals surface area contributed by atoms with Crippen LogP contribution in [0.15, 0.2) is 24.3 Å². The molecule has 1 N–H and O–H groups in total. The molecule has 2 aliphatic rings. The number of carbonyl (C=O) groups excluding carboxylic acids is 1. The highest BCUT2D eigenvalue weighted by Gasteiger charge is 2.55. The first-order valence-electron chi connectivity index (χ1n) is 8.95. The number of carboxylic acids is 1. The van der Waals surface area contributed by atoms with E-state index in [1.54, 1.807) is 19.1 Å². The van der Waals surface area contributed by atoms with Gasteiger partial charge in [-0.2, -0.15) is 0 Å². The van der Waals surface area contributed by atoms with Crippen LogP contribution in [0.1, 0.15) is 19.3 Å². The molecular weight excluding hydrogens is 336 g/mol. The van der Waals surface area contributed by atoms with Crippen LogP contribution < -0.4 is 9.47 Å². The predicted molar refractivity (Wildman–Crippen MR) is 95.4 cm³/mol. The van der Waals surface area contributed by atoms with Gasteiger partial charge in [0.15, 0.2) is 0 Å². The summed E-state index contributed by atoms with van der Waals surface area (Å²) in [5.74, 6) is 0.000795. The number of likely N-dealkylation sites (tertiary alicyclic amines) is 2. The molecule has 2 saturated heterocycles. The minimum Gasteiger partial charge on any atom is -0.497 e. The lowest BCUT2D eigenvalue weighted by atomic mass is 9.77. The fourth-order valence-electron chi connectivity index (χ4n) is 4.13. The van der Waals surface area contributed by atoms with E-state index in [-0.39, 0.29) is 12.3 Å². The van der Waals surface area contributed by atoms with E-state index in [0.29, 0.717) is 19.4 Å². The normalized spacial score (nSPS) is 22.6. The van der Waals surface area contributed by atoms with Gasteiger partial charge in [0.1, 0.15) is 18.1 Å². The highest BCUT2D eigenvalue weighted by atomic mass is 16.5. The van der Waals surface area contributed by atoms with E-state index in [1.165, 1.54) is 0 Å². The van der Waals surface area contributed by atoms with Crippen LogP contribution in [0.5, 0.6) is 11.5 Å². The molecule has 2 fully saturated rings. The van der Waals surface area contributed by atoms with Crippen molar-refractivity contribution in [2.75, 3.05) is 40.4 Å². The average Bonchev–Trinajstić information content (AvgIpc) is 2.89. The molecule has 2 heterocycles. The van der Waals surface area contributed by atoms with Crippen molar-refractivity contribution < 1.29 is 24.2 Å². The van der Waals surface area contributed by atoms with E-state index in [1.807, 2.05) is 24.3 Å². The minimum absolute atomic E-state index is 0.0628. The molecule has 7 heteroatoms. The summed E-state index contributed by atoms with van der Waals surface area (Å²) in [5.41, 5.74) is -0.535. The SMILES string of the molecule is COc1cccc(OCCN2CCC3(CC2)C(C(=O)O)CC(=O)N3C)c1. The lowest BCUT2D eigenvalue weighted by Crippen LogP contribution is -2.56. The lowest BCUT2D eigenvalue weighted by Gasteiger charge is -2.45. The Hall–Kier alpha value is -2.28. The van der Waals surface area contributed by atoms with E-state index in [0.717, 1.165) is 31.1 Å². The van der Waals surface area contributed by atoms with Crippen molar-refractivity contribution in [3.8, 4) is 11.5 Å². The van der Waals surface area contributed by atoms with E-state index in [9.17, 15) is 14.7 Å². The van der Waals surface area contributed by atoms with E-state index in [4.69, 9.17) is 9.47 Å². The van der Waals surface area contributed by atoms with Gasteiger partial charge in [-0.05, 0) is 25.0 Å². The fourth-order valence-corrected chi connectivity index (χ4v) is 4.13. The Morgan fingerprint density at radius 2 is 2.00 bits per heavy atom. The highest BCUT2D eigenvalue weighted by Crippen LogP contribution is 2.42. The monoisotopic (exact) mass is 362 g/mol. The standard InChI is InChI=1S/C19H26N2O5/c1-20-17(22)13-16(18(23)24)19(20)6-8-21(9-7-19)10-11-26-15-5-3-4-14(12-15)25-2/h3-5,12,16H,6-11,13H2,1-2H3,(H,23,24). The van der Waals surface area contributed by atoms with Crippen molar-refractivity contribution in [1.29, 1.82) is 0 Å². The van der Waals surface area contributed by atoms with Gasteiger partial charge < -0.3 is 19.5 Å². The summed E-state index contributed by atoms with van der Waals surface area (Å²) in [7, 11) is 3.37. The van der Waals surface area contributed by atoms with Gasteiger partial charge in [-0.1, -0.05) is 6.07 Å². The van der Waals surface area contributed by atoms with E-state index in [2.05, 4.69) is 4.90 Å². The van der Waals surface area contributed by atoms with Gasteiger partial charge in [0, 0.05) is 39.2 Å². The summed E-state index contributed by atoms with van der Waals surface area (Å²) in [5, 5.41) is 9.52. The van der Waals surface area contributed by atoms with Gasteiger partial charge in [0.25, 0.3) is 0 Å². The number of nitrogens with zero attached hydrogens (tertiary/aromatic N) is 2. The summed E-state index contributed by atoms with van der Waals surface area (Å²) in [6.07, 6.45) is 1.49. The zero-order valence-electron chi connectivity index (χ0n) is 15.3. The minimum atomic E-state index is -0.863. The number of piperidine rings is 1. The van der Waals surface area contributed by atoms with Crippen LogP contribution in [0.2, 0.25) is 0 Å². The number of ether oxygens (including phenoxy) is 2. The summed E-state index contributed by atoms with van der Waals surface area (Å²) in [6.45, 7) is 2.85. The molecule has 0 aromatic heterocycles. The Labute approximate surface area is 153 Å². The van der Waals surface area contributed by atoms with Crippen LogP contribution in [-0.2, 0) is 9.59 Å². The number of hydrogen-bond acceptors (Lipinski definition) is 5. The number of rotatable bonds is 6. The van der Waals surface area contributed by atoms with Crippen LogP contribution in [-0.4, -0.2) is 72.7 Å². The maximum Gasteiger partial charge on any atom is 0.309 e. The molecule has 0 radical (unpaired) electrons. The second kappa shape index (κ2) is 7.53. The zero-order valence-corrected chi connectivity index (χ0v) is 15.3. The Balaban J connectivity index is 1.52. The molecule has 1 aromatic carbocycles. The molecule has 1 aromatic rings. The number of hydrogen-bond donors (Lipinski definition) is 1. The number of aliphatic carboxylic acids is 1. The van der Waals surface area contributed by atoms with E-state index < -0.39 is 17.4 Å². The summed E-state index contributed by atoms with van der Waals surface area (Å²) in [6, 6.07) is 7.50. The number of carboxylic acid groups (broad SMARTS) is 1. The van der Waals surface area contributed by atoms with Gasteiger partial charge in [0.05, 0.1) is 18.6 Å². The Kier molecular flexibility index (Phi) is 5.36. The lowest BCUT2D eigenvalue weighted by molar-refractivity contribution is -0.146. The molecule has 2 aliphatic heterocycles. The Morgan fingerprint density at radius 3 is 2.65 bits per heavy atom. The number of amides is 1. The fraction of sp³-hybridized carbons (Fsp3) is 0.579. The van der Waals surface area contributed by atoms with Crippen LogP contribution in [0.4, 0.5) is 0 Å². The van der Waals surface area contributed by atoms with Crippen LogP contribution in [0.3, 0.4) is 0 Å². The molecule has 0 saturated carbocycles. The molecule has 1 unspecified atom stereocenters. The second-order valence-electron chi connectivity index (χ2n) is 7.02. The molecule has 7 nitrogen and oxygen atoms in total. The molecule has 3 rings (SSSR count). The molecule has 1 spiro atoms.